The zero-order valence-corrected chi connectivity index (χ0v) is 9.73. The maximum absolute atomic E-state index is 11.6. The van der Waals surface area contributed by atoms with Crippen LogP contribution in [0, 0.1) is 5.92 Å². The van der Waals surface area contributed by atoms with Gasteiger partial charge in [-0.1, -0.05) is 26.0 Å². The highest BCUT2D eigenvalue weighted by molar-refractivity contribution is 5.92. The normalized spacial score (nSPS) is 10.2. The summed E-state index contributed by atoms with van der Waals surface area (Å²) in [6.45, 7) is 4.31. The first-order chi connectivity index (χ1) is 7.65. The Labute approximate surface area is 95.1 Å². The molecule has 0 aliphatic heterocycles. The van der Waals surface area contributed by atoms with Crippen LogP contribution in [0.5, 0.6) is 5.75 Å². The number of hydrogen-bond acceptors (Lipinski definition) is 4. The lowest BCUT2D eigenvalue weighted by molar-refractivity contribution is -0.247. The molecule has 1 rings (SSSR count). The molecule has 0 amide bonds. The lowest BCUT2D eigenvalue weighted by Crippen LogP contribution is -2.10. The van der Waals surface area contributed by atoms with E-state index in [0.717, 1.165) is 0 Å². The lowest BCUT2D eigenvalue weighted by atomic mass is 10.2. The molecule has 0 atom stereocenters. The van der Waals surface area contributed by atoms with Gasteiger partial charge in [0.1, 0.15) is 11.3 Å². The van der Waals surface area contributed by atoms with Gasteiger partial charge in [-0.3, -0.25) is 4.89 Å². The molecule has 0 unspecified atom stereocenters. The van der Waals surface area contributed by atoms with Crippen LogP contribution >= 0.6 is 0 Å². The number of carbonyl (C=O) groups excluding carboxylic acids is 1. The zero-order valence-electron chi connectivity index (χ0n) is 9.73. The molecule has 16 heavy (non-hydrogen) atoms. The van der Waals surface area contributed by atoms with Crippen LogP contribution in [0.2, 0.25) is 0 Å². The zero-order chi connectivity index (χ0) is 12.0. The Balaban J connectivity index is 2.59. The van der Waals surface area contributed by atoms with E-state index in [9.17, 15) is 4.79 Å². The first kappa shape index (κ1) is 12.5. The minimum atomic E-state index is -0.543. The van der Waals surface area contributed by atoms with Crippen LogP contribution in [0.25, 0.3) is 0 Å². The van der Waals surface area contributed by atoms with Crippen LogP contribution in [0.4, 0.5) is 0 Å². The Morgan fingerprint density at radius 3 is 2.62 bits per heavy atom. The van der Waals surface area contributed by atoms with Gasteiger partial charge in [0, 0.05) is 0 Å². The third kappa shape index (κ3) is 3.55. The monoisotopic (exact) mass is 224 g/mol. The molecule has 0 fully saturated rings. The molecular weight excluding hydrogens is 208 g/mol. The summed E-state index contributed by atoms with van der Waals surface area (Å²) in [5, 5.41) is 0. The summed E-state index contributed by atoms with van der Waals surface area (Å²) < 4.78 is 5.04. The summed E-state index contributed by atoms with van der Waals surface area (Å²) >= 11 is 0. The molecule has 0 radical (unpaired) electrons. The summed E-state index contributed by atoms with van der Waals surface area (Å²) in [7, 11) is 1.50. The van der Waals surface area contributed by atoms with Gasteiger partial charge in [0.15, 0.2) is 0 Å². The van der Waals surface area contributed by atoms with E-state index in [2.05, 4.69) is 4.89 Å². The van der Waals surface area contributed by atoms with Crippen LogP contribution < -0.4 is 4.74 Å². The van der Waals surface area contributed by atoms with Crippen molar-refractivity contribution in [3.8, 4) is 5.75 Å². The smallest absolute Gasteiger partial charge is 0.376 e. The number of para-hydroxylation sites is 1. The molecule has 0 bridgehead atoms. The molecule has 0 N–H and O–H groups in total. The molecule has 88 valence electrons. The minimum absolute atomic E-state index is 0.311. The fourth-order valence-corrected chi connectivity index (χ4v) is 1.08. The van der Waals surface area contributed by atoms with Gasteiger partial charge in [-0.05, 0) is 18.1 Å². The average molecular weight is 224 g/mol. The maximum Gasteiger partial charge on any atom is 0.376 e. The van der Waals surface area contributed by atoms with Crippen molar-refractivity contribution >= 4 is 5.97 Å². The van der Waals surface area contributed by atoms with Crippen LogP contribution in [0.15, 0.2) is 24.3 Å². The second-order valence-electron chi connectivity index (χ2n) is 3.75. The number of ether oxygens (including phenoxy) is 1. The number of hydrogen-bond donors (Lipinski definition) is 0. The second-order valence-corrected chi connectivity index (χ2v) is 3.75. The van der Waals surface area contributed by atoms with Crippen molar-refractivity contribution in [3.05, 3.63) is 29.8 Å². The quantitative estimate of drug-likeness (QED) is 0.569. The topological polar surface area (TPSA) is 44.8 Å². The van der Waals surface area contributed by atoms with E-state index in [-0.39, 0.29) is 0 Å². The largest absolute Gasteiger partial charge is 0.496 e. The van der Waals surface area contributed by atoms with E-state index in [4.69, 9.17) is 9.62 Å². The summed E-state index contributed by atoms with van der Waals surface area (Å²) in [5.41, 5.74) is 0.355. The highest BCUT2D eigenvalue weighted by atomic mass is 17.2. The molecule has 0 aromatic heterocycles. The Hall–Kier alpha value is -1.55. The minimum Gasteiger partial charge on any atom is -0.496 e. The summed E-state index contributed by atoms with van der Waals surface area (Å²) in [4.78, 5) is 21.0. The predicted molar refractivity (Wildman–Crippen MR) is 59.2 cm³/mol. The van der Waals surface area contributed by atoms with Gasteiger partial charge in [-0.15, -0.1) is 0 Å². The van der Waals surface area contributed by atoms with Crippen molar-refractivity contribution in [1.82, 2.24) is 0 Å². The van der Waals surface area contributed by atoms with Gasteiger partial charge in [0.05, 0.1) is 13.7 Å². The summed E-state index contributed by atoms with van der Waals surface area (Å²) in [5.74, 6) is 0.240. The van der Waals surface area contributed by atoms with Crippen molar-refractivity contribution in [2.24, 2.45) is 5.92 Å². The SMILES string of the molecule is COc1ccccc1C(=O)OOCC(C)C. The second kappa shape index (κ2) is 6.12. The first-order valence-corrected chi connectivity index (χ1v) is 5.12. The van der Waals surface area contributed by atoms with Crippen molar-refractivity contribution in [1.29, 1.82) is 0 Å². The Bertz CT molecular complexity index is 347. The average Bonchev–Trinajstić information content (AvgIpc) is 2.28. The highest BCUT2D eigenvalue weighted by Crippen LogP contribution is 2.18. The Morgan fingerprint density at radius 2 is 2.00 bits per heavy atom. The fourth-order valence-electron chi connectivity index (χ4n) is 1.08. The van der Waals surface area contributed by atoms with Crippen LogP contribution in [0.3, 0.4) is 0 Å². The van der Waals surface area contributed by atoms with Gasteiger partial charge < -0.3 is 4.74 Å². The summed E-state index contributed by atoms with van der Waals surface area (Å²) in [6.07, 6.45) is 0. The molecule has 0 saturated carbocycles. The standard InChI is InChI=1S/C12H16O4/c1-9(2)8-15-16-12(13)10-6-4-5-7-11(10)14-3/h4-7,9H,8H2,1-3H3. The Morgan fingerprint density at radius 1 is 1.31 bits per heavy atom. The third-order valence-corrected chi connectivity index (χ3v) is 1.86. The van der Waals surface area contributed by atoms with Crippen LogP contribution in [-0.4, -0.2) is 19.7 Å². The van der Waals surface area contributed by atoms with Crippen molar-refractivity contribution in [3.63, 3.8) is 0 Å². The van der Waals surface area contributed by atoms with E-state index in [1.165, 1.54) is 7.11 Å². The number of benzene rings is 1. The van der Waals surface area contributed by atoms with E-state index < -0.39 is 5.97 Å². The third-order valence-electron chi connectivity index (χ3n) is 1.86. The van der Waals surface area contributed by atoms with Crippen LogP contribution in [0.1, 0.15) is 24.2 Å². The molecule has 0 aliphatic carbocycles. The molecule has 0 heterocycles. The van der Waals surface area contributed by atoms with Crippen molar-refractivity contribution in [2.75, 3.05) is 13.7 Å². The van der Waals surface area contributed by atoms with Crippen LogP contribution in [-0.2, 0) is 9.78 Å². The van der Waals surface area contributed by atoms with E-state index >= 15 is 0 Å². The van der Waals surface area contributed by atoms with E-state index in [1.54, 1.807) is 24.3 Å². The van der Waals surface area contributed by atoms with E-state index in [1.807, 2.05) is 13.8 Å². The Kier molecular flexibility index (Phi) is 4.79. The van der Waals surface area contributed by atoms with Crippen molar-refractivity contribution < 1.29 is 19.3 Å². The van der Waals surface area contributed by atoms with Gasteiger partial charge in [0.2, 0.25) is 0 Å². The number of methoxy groups -OCH3 is 1. The lowest BCUT2D eigenvalue weighted by Gasteiger charge is -2.08. The van der Waals surface area contributed by atoms with E-state index in [0.29, 0.717) is 23.8 Å². The fraction of sp³-hybridized carbons (Fsp3) is 0.417. The first-order valence-electron chi connectivity index (χ1n) is 5.12. The molecule has 0 aliphatic rings. The molecule has 1 aromatic carbocycles. The van der Waals surface area contributed by atoms with Gasteiger partial charge >= 0.3 is 5.97 Å². The van der Waals surface area contributed by atoms with Gasteiger partial charge in [0.25, 0.3) is 0 Å². The number of rotatable bonds is 5. The highest BCUT2D eigenvalue weighted by Gasteiger charge is 2.13. The number of carbonyl (C=O) groups is 1. The molecular formula is C12H16O4. The molecule has 4 heteroatoms. The van der Waals surface area contributed by atoms with Gasteiger partial charge in [-0.2, -0.15) is 4.89 Å². The maximum atomic E-state index is 11.6. The molecule has 4 nitrogen and oxygen atoms in total. The summed E-state index contributed by atoms with van der Waals surface area (Å²) in [6, 6.07) is 6.84. The molecule has 0 spiro atoms. The van der Waals surface area contributed by atoms with Crippen molar-refractivity contribution in [2.45, 2.75) is 13.8 Å². The molecule has 0 saturated heterocycles. The van der Waals surface area contributed by atoms with Gasteiger partial charge in [-0.25, -0.2) is 4.79 Å². The molecule has 1 aromatic rings. The predicted octanol–water partition coefficient (Wildman–Crippen LogP) is 2.44.